The van der Waals surface area contributed by atoms with Crippen LogP contribution in [0.25, 0.3) is 0 Å². The van der Waals surface area contributed by atoms with Crippen molar-refractivity contribution in [3.8, 4) is 0 Å². The Balaban J connectivity index is 2.04. The fourth-order valence-electron chi connectivity index (χ4n) is 2.44. The van der Waals surface area contributed by atoms with Crippen LogP contribution >= 0.6 is 0 Å². The van der Waals surface area contributed by atoms with Crippen LogP contribution in [0.5, 0.6) is 0 Å². The minimum absolute atomic E-state index is 0.00937. The Labute approximate surface area is 157 Å². The number of hydrogen-bond acceptors (Lipinski definition) is 5. The zero-order chi connectivity index (χ0) is 20.2. The molecule has 0 saturated carbocycles. The average Bonchev–Trinajstić information content (AvgIpc) is 3.09. The van der Waals surface area contributed by atoms with E-state index in [9.17, 15) is 23.1 Å². The molecule has 1 heterocycles. The molecule has 0 aliphatic rings. The highest BCUT2D eigenvalue weighted by molar-refractivity contribution is 7.88. The molecule has 0 aliphatic carbocycles. The van der Waals surface area contributed by atoms with Gasteiger partial charge in [-0.15, -0.1) is 0 Å². The first-order valence-electron chi connectivity index (χ1n) is 8.19. The summed E-state index contributed by atoms with van der Waals surface area (Å²) in [5.41, 5.74) is 1.89. The Kier molecular flexibility index (Phi) is 6.40. The lowest BCUT2D eigenvalue weighted by molar-refractivity contribution is -0.141. The lowest BCUT2D eigenvalue weighted by atomic mass is 9.98. The molecule has 9 heteroatoms. The van der Waals surface area contributed by atoms with Crippen molar-refractivity contribution in [2.45, 2.75) is 18.4 Å². The Morgan fingerprint density at radius 2 is 1.96 bits per heavy atom. The molecule has 0 fully saturated rings. The number of rotatable bonds is 8. The number of furan rings is 1. The number of hydrogen-bond donors (Lipinski definition) is 2. The summed E-state index contributed by atoms with van der Waals surface area (Å²) in [6.45, 7) is 1.82. The van der Waals surface area contributed by atoms with Gasteiger partial charge in [0.1, 0.15) is 6.26 Å². The predicted octanol–water partition coefficient (Wildman–Crippen LogP) is 1.51. The van der Waals surface area contributed by atoms with E-state index < -0.39 is 27.8 Å². The molecule has 0 spiro atoms. The number of nitrogens with zero attached hydrogens (tertiary/aromatic N) is 1. The van der Waals surface area contributed by atoms with Crippen LogP contribution in [0.1, 0.15) is 21.5 Å². The Hall–Kier alpha value is -2.65. The van der Waals surface area contributed by atoms with Crippen molar-refractivity contribution < 1.29 is 27.5 Å². The van der Waals surface area contributed by atoms with Gasteiger partial charge in [0, 0.05) is 26.7 Å². The largest absolute Gasteiger partial charge is 0.481 e. The summed E-state index contributed by atoms with van der Waals surface area (Å²) in [5, 5.41) is 11.6. The third-order valence-corrected chi connectivity index (χ3v) is 5.68. The van der Waals surface area contributed by atoms with Crippen molar-refractivity contribution in [1.29, 1.82) is 0 Å². The number of benzene rings is 1. The second-order valence-corrected chi connectivity index (χ2v) is 8.46. The van der Waals surface area contributed by atoms with Gasteiger partial charge in [0.25, 0.3) is 15.9 Å². The molecule has 2 rings (SSSR count). The van der Waals surface area contributed by atoms with Gasteiger partial charge in [-0.05, 0) is 18.9 Å². The monoisotopic (exact) mass is 394 g/mol. The van der Waals surface area contributed by atoms with Gasteiger partial charge in [0.05, 0.1) is 11.5 Å². The summed E-state index contributed by atoms with van der Waals surface area (Å²) in [4.78, 5) is 23.7. The maximum atomic E-state index is 12.2. The van der Waals surface area contributed by atoms with Crippen LogP contribution in [0.2, 0.25) is 0 Å². The maximum absolute atomic E-state index is 12.2. The first-order chi connectivity index (χ1) is 12.6. The van der Waals surface area contributed by atoms with E-state index in [1.165, 1.54) is 14.1 Å². The maximum Gasteiger partial charge on any atom is 0.308 e. The molecular formula is C18H22N2O6S. The number of amides is 1. The zero-order valence-corrected chi connectivity index (χ0v) is 16.1. The van der Waals surface area contributed by atoms with Gasteiger partial charge in [-0.1, -0.05) is 29.8 Å². The van der Waals surface area contributed by atoms with Crippen molar-refractivity contribution in [3.05, 3.63) is 53.3 Å². The van der Waals surface area contributed by atoms with Gasteiger partial charge in [-0.25, -0.2) is 12.7 Å². The molecule has 1 amide bonds. The molecule has 2 N–H and O–H groups in total. The van der Waals surface area contributed by atoms with Crippen LogP contribution in [-0.4, -0.2) is 50.3 Å². The van der Waals surface area contributed by atoms with Crippen molar-refractivity contribution in [2.24, 2.45) is 5.92 Å². The molecule has 0 radical (unpaired) electrons. The number of aryl methyl sites for hydroxylation is 1. The number of carboxylic acid groups (broad SMARTS) is 1. The molecule has 1 atom stereocenters. The summed E-state index contributed by atoms with van der Waals surface area (Å²) < 4.78 is 29.9. The summed E-state index contributed by atoms with van der Waals surface area (Å²) in [5.74, 6) is -2.44. The average molecular weight is 394 g/mol. The van der Waals surface area contributed by atoms with Crippen molar-refractivity contribution in [1.82, 2.24) is 9.62 Å². The topological polar surface area (TPSA) is 117 Å². The molecule has 2 aromatic rings. The minimum Gasteiger partial charge on any atom is -0.481 e. The van der Waals surface area contributed by atoms with Crippen molar-refractivity contribution in [2.75, 3.05) is 20.6 Å². The van der Waals surface area contributed by atoms with Crippen molar-refractivity contribution in [3.63, 3.8) is 0 Å². The predicted molar refractivity (Wildman–Crippen MR) is 97.9 cm³/mol. The van der Waals surface area contributed by atoms with Crippen LogP contribution in [0, 0.1) is 12.8 Å². The molecule has 8 nitrogen and oxygen atoms in total. The van der Waals surface area contributed by atoms with Crippen LogP contribution in [0.15, 0.2) is 46.1 Å². The van der Waals surface area contributed by atoms with E-state index in [-0.39, 0.29) is 23.6 Å². The number of nitrogens with one attached hydrogen (secondary N) is 1. The summed E-state index contributed by atoms with van der Waals surface area (Å²) >= 11 is 0. The van der Waals surface area contributed by atoms with E-state index in [0.29, 0.717) is 0 Å². The normalized spacial score (nSPS) is 12.7. The Bertz CT molecular complexity index is 933. The van der Waals surface area contributed by atoms with Gasteiger partial charge in [-0.2, -0.15) is 0 Å². The highest BCUT2D eigenvalue weighted by Crippen LogP contribution is 2.17. The standard InChI is InChI=1S/C18H22N2O6S/c1-12-5-4-6-13(7-12)8-14(18(22)23)10-19-17(21)15-9-16(26-11-15)27(24,25)20(2)3/h4-7,9,11,14H,8,10H2,1-3H3,(H,19,21)(H,22,23). The summed E-state index contributed by atoms with van der Waals surface area (Å²) in [6.07, 6.45) is 1.30. The number of sulfonamides is 1. The third kappa shape index (κ3) is 5.18. The van der Waals surface area contributed by atoms with E-state index in [2.05, 4.69) is 5.32 Å². The fraction of sp³-hybridized carbons (Fsp3) is 0.333. The molecule has 0 saturated heterocycles. The van der Waals surface area contributed by atoms with E-state index in [0.717, 1.165) is 27.8 Å². The zero-order valence-electron chi connectivity index (χ0n) is 15.3. The molecule has 1 aromatic heterocycles. The van der Waals surface area contributed by atoms with Crippen LogP contribution < -0.4 is 5.32 Å². The van der Waals surface area contributed by atoms with E-state index >= 15 is 0 Å². The number of carbonyl (C=O) groups excluding carboxylic acids is 1. The van der Waals surface area contributed by atoms with Crippen molar-refractivity contribution >= 4 is 21.9 Å². The second-order valence-electron chi connectivity index (χ2n) is 6.38. The van der Waals surface area contributed by atoms with Crippen LogP contribution in [0.4, 0.5) is 0 Å². The molecule has 1 aromatic carbocycles. The molecule has 27 heavy (non-hydrogen) atoms. The van der Waals surface area contributed by atoms with E-state index in [4.69, 9.17) is 4.42 Å². The molecule has 1 unspecified atom stereocenters. The van der Waals surface area contributed by atoms with Gasteiger partial charge in [0.15, 0.2) is 0 Å². The van der Waals surface area contributed by atoms with Gasteiger partial charge in [-0.3, -0.25) is 9.59 Å². The smallest absolute Gasteiger partial charge is 0.308 e. The molecule has 0 aliphatic heterocycles. The minimum atomic E-state index is -3.79. The highest BCUT2D eigenvalue weighted by atomic mass is 32.2. The van der Waals surface area contributed by atoms with Gasteiger partial charge in [0.2, 0.25) is 5.09 Å². The molecular weight excluding hydrogens is 372 g/mol. The lowest BCUT2D eigenvalue weighted by Crippen LogP contribution is -2.34. The number of carbonyl (C=O) groups is 2. The Morgan fingerprint density at radius 3 is 2.56 bits per heavy atom. The Morgan fingerprint density at radius 1 is 1.26 bits per heavy atom. The summed E-state index contributed by atoms with van der Waals surface area (Å²) in [6, 6.07) is 8.60. The number of aliphatic carboxylic acids is 1. The van der Waals surface area contributed by atoms with Gasteiger partial charge < -0.3 is 14.8 Å². The van der Waals surface area contributed by atoms with Gasteiger partial charge >= 0.3 is 5.97 Å². The second kappa shape index (κ2) is 8.36. The third-order valence-electron chi connectivity index (χ3n) is 4.00. The van der Waals surface area contributed by atoms with E-state index in [1.807, 2.05) is 31.2 Å². The molecule has 0 bridgehead atoms. The molecule has 146 valence electrons. The summed E-state index contributed by atoms with van der Waals surface area (Å²) in [7, 11) is -1.09. The lowest BCUT2D eigenvalue weighted by Gasteiger charge is -2.13. The van der Waals surface area contributed by atoms with Crippen LogP contribution in [-0.2, 0) is 21.2 Å². The highest BCUT2D eigenvalue weighted by Gasteiger charge is 2.24. The first-order valence-corrected chi connectivity index (χ1v) is 9.63. The fourth-order valence-corrected chi connectivity index (χ4v) is 3.24. The SMILES string of the molecule is Cc1cccc(CC(CNC(=O)c2coc(S(=O)(=O)N(C)C)c2)C(=O)O)c1. The van der Waals surface area contributed by atoms with E-state index in [1.54, 1.807) is 0 Å². The number of carboxylic acids is 1. The van der Waals surface area contributed by atoms with Crippen LogP contribution in [0.3, 0.4) is 0 Å². The quantitative estimate of drug-likeness (QED) is 0.701. The first kappa shape index (κ1) is 20.7.